The van der Waals surface area contributed by atoms with Crippen molar-refractivity contribution in [2.75, 3.05) is 6.54 Å². The highest BCUT2D eigenvalue weighted by Crippen LogP contribution is 2.15. The van der Waals surface area contributed by atoms with Crippen molar-refractivity contribution in [1.82, 2.24) is 14.9 Å². The summed E-state index contributed by atoms with van der Waals surface area (Å²) in [6.45, 7) is 6.66. The van der Waals surface area contributed by atoms with Crippen molar-refractivity contribution in [3.8, 4) is 0 Å². The predicted octanol–water partition coefficient (Wildman–Crippen LogP) is 2.97. The largest absolute Gasteiger partial charge is 0.335 e. The summed E-state index contributed by atoms with van der Waals surface area (Å²) in [7, 11) is 0. The van der Waals surface area contributed by atoms with Crippen molar-refractivity contribution in [1.29, 1.82) is 0 Å². The summed E-state index contributed by atoms with van der Waals surface area (Å²) in [5, 5.41) is 1.02. The molecule has 0 unspecified atom stereocenters. The molecule has 0 radical (unpaired) electrons. The number of H-pyrrole nitrogens is 1. The predicted molar refractivity (Wildman–Crippen MR) is 87.9 cm³/mol. The van der Waals surface area contributed by atoms with E-state index in [1.54, 1.807) is 23.1 Å². The molecule has 2 aromatic rings. The lowest BCUT2D eigenvalue weighted by Crippen LogP contribution is -2.35. The van der Waals surface area contributed by atoms with Crippen molar-refractivity contribution in [2.24, 2.45) is 5.92 Å². The van der Waals surface area contributed by atoms with Gasteiger partial charge in [-0.05, 0) is 24.6 Å². The summed E-state index contributed by atoms with van der Waals surface area (Å²) in [5.74, 6) is 0.436. The normalized spacial score (nSPS) is 11.1. The second-order valence-corrected chi connectivity index (χ2v) is 6.03. The summed E-state index contributed by atoms with van der Waals surface area (Å²) >= 11 is 5.95. The highest BCUT2D eigenvalue weighted by Gasteiger charge is 2.18. The first kappa shape index (κ1) is 16.5. The van der Waals surface area contributed by atoms with Gasteiger partial charge in [-0.3, -0.25) is 9.59 Å². The zero-order valence-electron chi connectivity index (χ0n) is 13.0. The van der Waals surface area contributed by atoms with E-state index in [1.807, 2.05) is 20.8 Å². The zero-order valence-corrected chi connectivity index (χ0v) is 13.8. The Bertz CT molecular complexity index is 740. The number of aromatic amines is 1. The van der Waals surface area contributed by atoms with Gasteiger partial charge in [-0.2, -0.15) is 0 Å². The van der Waals surface area contributed by atoms with Gasteiger partial charge in [-0.15, -0.1) is 0 Å². The van der Waals surface area contributed by atoms with E-state index in [9.17, 15) is 9.59 Å². The van der Waals surface area contributed by atoms with Gasteiger partial charge in [0.1, 0.15) is 5.82 Å². The quantitative estimate of drug-likeness (QED) is 0.920. The zero-order chi connectivity index (χ0) is 16.3. The molecule has 118 valence electrons. The number of rotatable bonds is 5. The molecule has 1 amide bonds. The minimum Gasteiger partial charge on any atom is -0.335 e. The van der Waals surface area contributed by atoms with E-state index >= 15 is 0 Å². The molecule has 0 fully saturated rings. The summed E-state index contributed by atoms with van der Waals surface area (Å²) in [6, 6.07) is 4.96. The van der Waals surface area contributed by atoms with Crippen molar-refractivity contribution in [3.05, 3.63) is 39.4 Å². The smallest absolute Gasteiger partial charge is 0.258 e. The molecule has 0 spiro atoms. The maximum atomic E-state index is 12.2. The summed E-state index contributed by atoms with van der Waals surface area (Å²) in [4.78, 5) is 33.2. The van der Waals surface area contributed by atoms with E-state index in [1.165, 1.54) is 0 Å². The van der Waals surface area contributed by atoms with E-state index in [4.69, 9.17) is 11.6 Å². The van der Waals surface area contributed by atoms with Gasteiger partial charge in [0, 0.05) is 17.5 Å². The Labute approximate surface area is 134 Å². The van der Waals surface area contributed by atoms with E-state index in [0.717, 1.165) is 6.42 Å². The molecule has 0 aliphatic rings. The molecule has 1 aromatic carbocycles. The second kappa shape index (κ2) is 6.92. The molecule has 0 atom stereocenters. The van der Waals surface area contributed by atoms with Crippen LogP contribution in [0.3, 0.4) is 0 Å². The second-order valence-electron chi connectivity index (χ2n) is 5.59. The van der Waals surface area contributed by atoms with Crippen LogP contribution >= 0.6 is 11.6 Å². The number of halogens is 1. The van der Waals surface area contributed by atoms with Crippen LogP contribution in [0.25, 0.3) is 10.9 Å². The van der Waals surface area contributed by atoms with Crippen molar-refractivity contribution in [3.63, 3.8) is 0 Å². The molecular weight excluding hydrogens is 302 g/mol. The Hall–Kier alpha value is -1.88. The fourth-order valence-electron chi connectivity index (χ4n) is 2.32. The third-order valence-electron chi connectivity index (χ3n) is 3.36. The van der Waals surface area contributed by atoms with Crippen LogP contribution in [0.5, 0.6) is 0 Å². The van der Waals surface area contributed by atoms with Crippen LogP contribution in [-0.2, 0) is 11.3 Å². The first-order chi connectivity index (χ1) is 10.4. The number of hydrogen-bond acceptors (Lipinski definition) is 3. The Balaban J connectivity index is 2.37. The molecule has 2 rings (SSSR count). The van der Waals surface area contributed by atoms with Crippen molar-refractivity contribution < 1.29 is 4.79 Å². The molecule has 0 aliphatic carbocycles. The fourth-order valence-corrected chi connectivity index (χ4v) is 2.49. The van der Waals surface area contributed by atoms with E-state index < -0.39 is 0 Å². The number of fused-ring (bicyclic) bond motifs is 1. The number of aromatic nitrogens is 2. The van der Waals surface area contributed by atoms with Gasteiger partial charge in [-0.25, -0.2) is 4.98 Å². The van der Waals surface area contributed by atoms with Crippen LogP contribution < -0.4 is 5.56 Å². The van der Waals surface area contributed by atoms with Gasteiger partial charge < -0.3 is 9.88 Å². The molecule has 1 N–H and O–H groups in total. The van der Waals surface area contributed by atoms with Crippen LogP contribution in [0.1, 0.15) is 33.0 Å². The average Bonchev–Trinajstić information content (AvgIpc) is 2.45. The number of nitrogens with one attached hydrogen (secondary N) is 1. The average molecular weight is 322 g/mol. The summed E-state index contributed by atoms with van der Waals surface area (Å²) < 4.78 is 0. The van der Waals surface area contributed by atoms with E-state index in [2.05, 4.69) is 9.97 Å². The maximum Gasteiger partial charge on any atom is 0.258 e. The lowest BCUT2D eigenvalue weighted by Gasteiger charge is -2.23. The maximum absolute atomic E-state index is 12.2. The number of amides is 1. The van der Waals surface area contributed by atoms with Crippen molar-refractivity contribution >= 4 is 28.4 Å². The van der Waals surface area contributed by atoms with E-state index in [-0.39, 0.29) is 17.4 Å². The number of benzene rings is 1. The molecule has 22 heavy (non-hydrogen) atoms. The van der Waals surface area contributed by atoms with Crippen LogP contribution in [0.2, 0.25) is 5.02 Å². The highest BCUT2D eigenvalue weighted by atomic mass is 35.5. The Morgan fingerprint density at radius 3 is 2.77 bits per heavy atom. The number of nitrogens with zero attached hydrogens (tertiary/aromatic N) is 2. The standard InChI is InChI=1S/C16H20ClN3O2/c1-4-7-20(16(22)10(2)3)9-14-18-13-8-11(17)5-6-12(13)15(21)19-14/h5-6,8,10H,4,7,9H2,1-3H3,(H,18,19,21). The molecule has 0 saturated heterocycles. The van der Waals surface area contributed by atoms with Gasteiger partial charge in [0.25, 0.3) is 5.56 Å². The third kappa shape index (κ3) is 3.65. The molecular formula is C16H20ClN3O2. The lowest BCUT2D eigenvalue weighted by molar-refractivity contribution is -0.135. The van der Waals surface area contributed by atoms with Gasteiger partial charge in [0.05, 0.1) is 17.4 Å². The molecule has 1 aromatic heterocycles. The van der Waals surface area contributed by atoms with E-state index in [0.29, 0.717) is 34.8 Å². The van der Waals surface area contributed by atoms with Crippen LogP contribution in [0, 0.1) is 5.92 Å². The Morgan fingerprint density at radius 2 is 2.14 bits per heavy atom. The van der Waals surface area contributed by atoms with Gasteiger partial charge in [0.2, 0.25) is 5.91 Å². The van der Waals surface area contributed by atoms with Gasteiger partial charge >= 0.3 is 0 Å². The van der Waals surface area contributed by atoms with Crippen LogP contribution in [-0.4, -0.2) is 27.3 Å². The summed E-state index contributed by atoms with van der Waals surface area (Å²) in [6.07, 6.45) is 0.849. The van der Waals surface area contributed by atoms with Crippen molar-refractivity contribution in [2.45, 2.75) is 33.7 Å². The minimum atomic E-state index is -0.217. The molecule has 0 bridgehead atoms. The number of carbonyl (C=O) groups is 1. The SMILES string of the molecule is CCCN(Cc1nc2cc(Cl)ccc2c(=O)[nH]1)C(=O)C(C)C. The monoisotopic (exact) mass is 321 g/mol. The first-order valence-electron chi connectivity index (χ1n) is 7.39. The number of carbonyl (C=O) groups excluding carboxylic acids is 1. The molecule has 5 nitrogen and oxygen atoms in total. The third-order valence-corrected chi connectivity index (χ3v) is 3.59. The summed E-state index contributed by atoms with van der Waals surface area (Å²) in [5.41, 5.74) is 0.324. The van der Waals surface area contributed by atoms with Crippen LogP contribution in [0.4, 0.5) is 0 Å². The topological polar surface area (TPSA) is 66.1 Å². The molecule has 6 heteroatoms. The number of hydrogen-bond donors (Lipinski definition) is 1. The molecule has 0 saturated carbocycles. The Morgan fingerprint density at radius 1 is 1.41 bits per heavy atom. The molecule has 0 aliphatic heterocycles. The lowest BCUT2D eigenvalue weighted by atomic mass is 10.2. The fraction of sp³-hybridized carbons (Fsp3) is 0.438. The molecule has 1 heterocycles. The Kier molecular flexibility index (Phi) is 5.19. The highest BCUT2D eigenvalue weighted by molar-refractivity contribution is 6.31. The first-order valence-corrected chi connectivity index (χ1v) is 7.77. The van der Waals surface area contributed by atoms with Gasteiger partial charge in [-0.1, -0.05) is 32.4 Å². The van der Waals surface area contributed by atoms with Gasteiger partial charge in [0.15, 0.2) is 0 Å². The minimum absolute atomic E-state index is 0.0516. The van der Waals surface area contributed by atoms with Crippen LogP contribution in [0.15, 0.2) is 23.0 Å².